The van der Waals surface area contributed by atoms with Crippen LogP contribution >= 0.6 is 0 Å². The van der Waals surface area contributed by atoms with Crippen molar-refractivity contribution in [3.8, 4) is 5.75 Å². The van der Waals surface area contributed by atoms with Gasteiger partial charge in [-0.2, -0.15) is 0 Å². The van der Waals surface area contributed by atoms with Gasteiger partial charge in [0, 0.05) is 6.04 Å². The Hall–Kier alpha value is -1.81. The van der Waals surface area contributed by atoms with E-state index in [1.165, 1.54) is 0 Å². The Morgan fingerprint density at radius 1 is 1.38 bits per heavy atom. The maximum atomic E-state index is 12.1. The standard InChI is InChI=1S/C17H22N2O2/c1-3-8-21-15-6-4-13(5-7-15)17-18-11-16(20)19(17)14-9-12(2)10-14/h3-7,12,14,17-18H,1,8-11H2,2H3. The highest BCUT2D eigenvalue weighted by Gasteiger charge is 2.41. The zero-order valence-electron chi connectivity index (χ0n) is 12.4. The zero-order chi connectivity index (χ0) is 14.8. The van der Waals surface area contributed by atoms with Gasteiger partial charge in [-0.3, -0.25) is 10.1 Å². The first-order valence-electron chi connectivity index (χ1n) is 7.57. The number of ether oxygens (including phenoxy) is 1. The third kappa shape index (κ3) is 2.81. The Bertz CT molecular complexity index is 520. The molecule has 1 unspecified atom stereocenters. The number of hydrogen-bond donors (Lipinski definition) is 1. The number of nitrogens with one attached hydrogen (secondary N) is 1. The fourth-order valence-corrected chi connectivity index (χ4v) is 3.20. The molecule has 1 saturated heterocycles. The van der Waals surface area contributed by atoms with Crippen LogP contribution in [0.3, 0.4) is 0 Å². The minimum Gasteiger partial charge on any atom is -0.490 e. The highest BCUT2D eigenvalue weighted by Crippen LogP contribution is 2.37. The minimum atomic E-state index is 0.00320. The molecule has 1 aliphatic carbocycles. The lowest BCUT2D eigenvalue weighted by Gasteiger charge is -2.42. The number of nitrogens with zero attached hydrogens (tertiary/aromatic N) is 1. The lowest BCUT2D eigenvalue weighted by molar-refractivity contribution is -0.133. The van der Waals surface area contributed by atoms with E-state index in [1.807, 2.05) is 29.2 Å². The third-order valence-electron chi connectivity index (χ3n) is 4.32. The highest BCUT2D eigenvalue weighted by molar-refractivity contribution is 5.81. The lowest BCUT2D eigenvalue weighted by atomic mass is 9.80. The largest absolute Gasteiger partial charge is 0.490 e. The van der Waals surface area contributed by atoms with Crippen LogP contribution in [0.4, 0.5) is 0 Å². The Morgan fingerprint density at radius 2 is 2.10 bits per heavy atom. The number of carbonyl (C=O) groups is 1. The quantitative estimate of drug-likeness (QED) is 0.846. The second-order valence-corrected chi connectivity index (χ2v) is 5.98. The van der Waals surface area contributed by atoms with E-state index in [0.717, 1.165) is 30.1 Å². The first kappa shape index (κ1) is 14.1. The summed E-state index contributed by atoms with van der Waals surface area (Å²) in [6.45, 7) is 6.82. The summed E-state index contributed by atoms with van der Waals surface area (Å²) in [5, 5.41) is 3.32. The van der Waals surface area contributed by atoms with E-state index in [1.54, 1.807) is 6.08 Å². The number of benzene rings is 1. The Balaban J connectivity index is 1.72. The molecular formula is C17H22N2O2. The van der Waals surface area contributed by atoms with Gasteiger partial charge in [-0.05, 0) is 36.5 Å². The van der Waals surface area contributed by atoms with Gasteiger partial charge < -0.3 is 9.64 Å². The fourth-order valence-electron chi connectivity index (χ4n) is 3.20. The molecule has 0 spiro atoms. The molecule has 0 bridgehead atoms. The third-order valence-corrected chi connectivity index (χ3v) is 4.32. The van der Waals surface area contributed by atoms with Crippen molar-refractivity contribution in [2.45, 2.75) is 32.0 Å². The smallest absolute Gasteiger partial charge is 0.238 e. The molecular weight excluding hydrogens is 264 g/mol. The van der Waals surface area contributed by atoms with Gasteiger partial charge in [0.05, 0.1) is 6.54 Å². The molecule has 1 aliphatic heterocycles. The van der Waals surface area contributed by atoms with Crippen LogP contribution in [0.15, 0.2) is 36.9 Å². The van der Waals surface area contributed by atoms with E-state index >= 15 is 0 Å². The first-order valence-corrected chi connectivity index (χ1v) is 7.57. The molecule has 3 rings (SSSR count). The number of rotatable bonds is 5. The Kier molecular flexibility index (Phi) is 3.97. The molecule has 4 heteroatoms. The topological polar surface area (TPSA) is 41.6 Å². The fraction of sp³-hybridized carbons (Fsp3) is 0.471. The minimum absolute atomic E-state index is 0.00320. The molecule has 4 nitrogen and oxygen atoms in total. The molecule has 1 saturated carbocycles. The van der Waals surface area contributed by atoms with Gasteiger partial charge in [0.15, 0.2) is 0 Å². The van der Waals surface area contributed by atoms with E-state index in [0.29, 0.717) is 19.2 Å². The van der Waals surface area contributed by atoms with Crippen LogP contribution in [-0.2, 0) is 4.79 Å². The summed E-state index contributed by atoms with van der Waals surface area (Å²) in [5.74, 6) is 1.77. The molecule has 0 aromatic heterocycles. The van der Waals surface area contributed by atoms with Crippen LogP contribution in [0.1, 0.15) is 31.5 Å². The van der Waals surface area contributed by atoms with E-state index in [9.17, 15) is 4.79 Å². The first-order chi connectivity index (χ1) is 10.2. The van der Waals surface area contributed by atoms with Crippen LogP contribution in [0.5, 0.6) is 5.75 Å². The van der Waals surface area contributed by atoms with E-state index in [-0.39, 0.29) is 12.1 Å². The van der Waals surface area contributed by atoms with Crippen molar-refractivity contribution in [2.75, 3.05) is 13.2 Å². The lowest BCUT2D eigenvalue weighted by Crippen LogP contribution is -2.46. The Labute approximate surface area is 125 Å². The average Bonchev–Trinajstić information content (AvgIpc) is 2.84. The summed E-state index contributed by atoms with van der Waals surface area (Å²) >= 11 is 0. The van der Waals surface area contributed by atoms with E-state index in [2.05, 4.69) is 18.8 Å². The van der Waals surface area contributed by atoms with Crippen molar-refractivity contribution < 1.29 is 9.53 Å². The summed E-state index contributed by atoms with van der Waals surface area (Å²) in [5.41, 5.74) is 1.12. The molecule has 2 fully saturated rings. The summed E-state index contributed by atoms with van der Waals surface area (Å²) in [7, 11) is 0. The predicted molar refractivity (Wildman–Crippen MR) is 81.9 cm³/mol. The van der Waals surface area contributed by atoms with E-state index < -0.39 is 0 Å². The summed E-state index contributed by atoms with van der Waals surface area (Å²) < 4.78 is 5.50. The van der Waals surface area contributed by atoms with E-state index in [4.69, 9.17) is 4.74 Å². The maximum absolute atomic E-state index is 12.1. The molecule has 1 heterocycles. The van der Waals surface area contributed by atoms with Gasteiger partial charge in [0.1, 0.15) is 18.5 Å². The van der Waals surface area contributed by atoms with Gasteiger partial charge >= 0.3 is 0 Å². The molecule has 1 aromatic rings. The number of amides is 1. The second kappa shape index (κ2) is 5.90. The van der Waals surface area contributed by atoms with Crippen LogP contribution in [0, 0.1) is 5.92 Å². The van der Waals surface area contributed by atoms with Gasteiger partial charge in [-0.1, -0.05) is 31.7 Å². The molecule has 0 radical (unpaired) electrons. The van der Waals surface area contributed by atoms with Gasteiger partial charge in [-0.25, -0.2) is 0 Å². The average molecular weight is 286 g/mol. The van der Waals surface area contributed by atoms with Crippen molar-refractivity contribution in [3.63, 3.8) is 0 Å². The summed E-state index contributed by atoms with van der Waals surface area (Å²) in [6.07, 6.45) is 3.96. The SMILES string of the molecule is C=CCOc1ccc(C2NCC(=O)N2C2CC(C)C2)cc1. The van der Waals surface area contributed by atoms with Gasteiger partial charge in [0.25, 0.3) is 0 Å². The summed E-state index contributed by atoms with van der Waals surface area (Å²) in [4.78, 5) is 14.2. The maximum Gasteiger partial charge on any atom is 0.238 e. The van der Waals surface area contributed by atoms with Crippen molar-refractivity contribution in [1.82, 2.24) is 10.2 Å². The predicted octanol–water partition coefficient (Wildman–Crippen LogP) is 2.48. The van der Waals surface area contributed by atoms with Crippen LogP contribution in [0.2, 0.25) is 0 Å². The molecule has 1 N–H and O–H groups in total. The number of carbonyl (C=O) groups excluding carboxylic acids is 1. The molecule has 1 aromatic carbocycles. The molecule has 21 heavy (non-hydrogen) atoms. The van der Waals surface area contributed by atoms with Crippen molar-refractivity contribution in [1.29, 1.82) is 0 Å². The normalized spacial score (nSPS) is 28.3. The number of hydrogen-bond acceptors (Lipinski definition) is 3. The van der Waals surface area contributed by atoms with Gasteiger partial charge in [-0.15, -0.1) is 0 Å². The monoisotopic (exact) mass is 286 g/mol. The molecule has 2 aliphatic rings. The molecule has 1 atom stereocenters. The van der Waals surface area contributed by atoms with Crippen LogP contribution < -0.4 is 10.1 Å². The second-order valence-electron chi connectivity index (χ2n) is 5.98. The highest BCUT2D eigenvalue weighted by atomic mass is 16.5. The van der Waals surface area contributed by atoms with Crippen molar-refractivity contribution in [2.24, 2.45) is 5.92 Å². The van der Waals surface area contributed by atoms with Gasteiger partial charge in [0.2, 0.25) is 5.91 Å². The zero-order valence-corrected chi connectivity index (χ0v) is 12.4. The molecule has 1 amide bonds. The van der Waals surface area contributed by atoms with Crippen molar-refractivity contribution in [3.05, 3.63) is 42.5 Å². The summed E-state index contributed by atoms with van der Waals surface area (Å²) in [6, 6.07) is 8.35. The van der Waals surface area contributed by atoms with Crippen molar-refractivity contribution >= 4 is 5.91 Å². The molecule has 112 valence electrons. The van der Waals surface area contributed by atoms with Crippen LogP contribution in [-0.4, -0.2) is 30.0 Å². The van der Waals surface area contributed by atoms with Crippen LogP contribution in [0.25, 0.3) is 0 Å². The Morgan fingerprint density at radius 3 is 2.71 bits per heavy atom.